The van der Waals surface area contributed by atoms with Crippen LogP contribution in [0.25, 0.3) is 11.1 Å². The van der Waals surface area contributed by atoms with Crippen LogP contribution in [-0.2, 0) is 0 Å². The molecule has 2 aromatic rings. The Bertz CT molecular complexity index is 564. The summed E-state index contributed by atoms with van der Waals surface area (Å²) < 4.78 is 13.9. The SMILES string of the molecule is CCC(NC)c1cccc(-c2ccc(Cl)cc2F)c1. The minimum absolute atomic E-state index is 0.287. The summed E-state index contributed by atoms with van der Waals surface area (Å²) in [4.78, 5) is 0. The van der Waals surface area contributed by atoms with E-state index < -0.39 is 0 Å². The summed E-state index contributed by atoms with van der Waals surface area (Å²) in [6.07, 6.45) is 0.989. The average Bonchev–Trinajstić information content (AvgIpc) is 2.40. The average molecular weight is 278 g/mol. The number of hydrogen-bond acceptors (Lipinski definition) is 1. The van der Waals surface area contributed by atoms with Gasteiger partial charge >= 0.3 is 0 Å². The van der Waals surface area contributed by atoms with E-state index in [9.17, 15) is 4.39 Å². The Balaban J connectivity index is 2.43. The molecule has 0 aliphatic carbocycles. The van der Waals surface area contributed by atoms with Crippen molar-refractivity contribution >= 4 is 11.6 Å². The van der Waals surface area contributed by atoms with Gasteiger partial charge < -0.3 is 5.32 Å². The second-order valence-electron chi connectivity index (χ2n) is 4.50. The molecule has 1 atom stereocenters. The summed E-state index contributed by atoms with van der Waals surface area (Å²) in [5.74, 6) is -0.290. The molecular weight excluding hydrogens is 261 g/mol. The molecule has 1 unspecified atom stereocenters. The van der Waals surface area contributed by atoms with Crippen molar-refractivity contribution < 1.29 is 4.39 Å². The molecule has 0 aliphatic heterocycles. The lowest BCUT2D eigenvalue weighted by atomic mass is 9.98. The molecule has 1 nitrogen and oxygen atoms in total. The molecular formula is C16H17ClFN. The first-order valence-electron chi connectivity index (χ1n) is 6.38. The highest BCUT2D eigenvalue weighted by atomic mass is 35.5. The van der Waals surface area contributed by atoms with Crippen LogP contribution in [0.3, 0.4) is 0 Å². The Morgan fingerprint density at radius 1 is 1.21 bits per heavy atom. The quantitative estimate of drug-likeness (QED) is 0.845. The molecule has 0 aliphatic rings. The fourth-order valence-electron chi connectivity index (χ4n) is 2.25. The zero-order valence-corrected chi connectivity index (χ0v) is 11.8. The molecule has 1 N–H and O–H groups in total. The summed E-state index contributed by atoms with van der Waals surface area (Å²) in [6.45, 7) is 2.12. The zero-order chi connectivity index (χ0) is 13.8. The molecule has 3 heteroatoms. The van der Waals surface area contributed by atoms with Gasteiger partial charge in [0, 0.05) is 16.6 Å². The number of rotatable bonds is 4. The second-order valence-corrected chi connectivity index (χ2v) is 4.94. The molecule has 0 amide bonds. The molecule has 100 valence electrons. The van der Waals surface area contributed by atoms with Crippen molar-refractivity contribution in [3.8, 4) is 11.1 Å². The Labute approximate surface area is 118 Å². The predicted molar refractivity (Wildman–Crippen MR) is 78.9 cm³/mol. The molecule has 0 aromatic heterocycles. The van der Waals surface area contributed by atoms with E-state index in [0.717, 1.165) is 17.5 Å². The monoisotopic (exact) mass is 277 g/mol. The first-order chi connectivity index (χ1) is 9.15. The Hall–Kier alpha value is -1.38. The molecule has 19 heavy (non-hydrogen) atoms. The van der Waals surface area contributed by atoms with Crippen LogP contribution in [0.5, 0.6) is 0 Å². The Morgan fingerprint density at radius 2 is 2.00 bits per heavy atom. The van der Waals surface area contributed by atoms with Crippen molar-refractivity contribution in [3.63, 3.8) is 0 Å². The summed E-state index contributed by atoms with van der Waals surface area (Å²) >= 11 is 5.78. The van der Waals surface area contributed by atoms with Crippen LogP contribution in [-0.4, -0.2) is 7.05 Å². The van der Waals surface area contributed by atoms with Crippen molar-refractivity contribution in [2.24, 2.45) is 0 Å². The lowest BCUT2D eigenvalue weighted by Crippen LogP contribution is -2.15. The van der Waals surface area contributed by atoms with Crippen molar-refractivity contribution in [1.29, 1.82) is 0 Å². The van der Waals surface area contributed by atoms with Crippen molar-refractivity contribution in [2.75, 3.05) is 7.05 Å². The molecule has 2 aromatic carbocycles. The minimum atomic E-state index is -0.290. The number of benzene rings is 2. The molecule has 0 heterocycles. The van der Waals surface area contributed by atoms with Gasteiger partial charge in [-0.15, -0.1) is 0 Å². The van der Waals surface area contributed by atoms with Gasteiger partial charge in [-0.05, 0) is 48.9 Å². The molecule has 0 radical (unpaired) electrons. The van der Waals surface area contributed by atoms with Crippen molar-refractivity contribution in [1.82, 2.24) is 5.32 Å². The highest BCUT2D eigenvalue weighted by molar-refractivity contribution is 6.30. The van der Waals surface area contributed by atoms with E-state index in [1.54, 1.807) is 12.1 Å². The summed E-state index contributed by atoms with van der Waals surface area (Å²) in [5, 5.41) is 3.67. The third-order valence-corrected chi connectivity index (χ3v) is 3.52. The van der Waals surface area contributed by atoms with E-state index >= 15 is 0 Å². The highest BCUT2D eigenvalue weighted by Gasteiger charge is 2.10. The van der Waals surface area contributed by atoms with Gasteiger partial charge in [-0.2, -0.15) is 0 Å². The summed E-state index contributed by atoms with van der Waals surface area (Å²) in [6, 6.07) is 13.0. The van der Waals surface area contributed by atoms with Gasteiger partial charge in [0.15, 0.2) is 0 Å². The second kappa shape index (κ2) is 6.18. The van der Waals surface area contributed by atoms with Crippen LogP contribution >= 0.6 is 11.6 Å². The Morgan fingerprint density at radius 3 is 2.63 bits per heavy atom. The fraction of sp³-hybridized carbons (Fsp3) is 0.250. The fourth-order valence-corrected chi connectivity index (χ4v) is 2.41. The van der Waals surface area contributed by atoms with Gasteiger partial charge in [-0.3, -0.25) is 0 Å². The molecule has 0 saturated heterocycles. The largest absolute Gasteiger partial charge is 0.313 e. The van der Waals surface area contributed by atoms with Crippen LogP contribution in [0.4, 0.5) is 4.39 Å². The lowest BCUT2D eigenvalue weighted by Gasteiger charge is -2.15. The zero-order valence-electron chi connectivity index (χ0n) is 11.1. The summed E-state index contributed by atoms with van der Waals surface area (Å²) in [7, 11) is 1.93. The van der Waals surface area contributed by atoms with Crippen LogP contribution in [0.1, 0.15) is 24.9 Å². The van der Waals surface area contributed by atoms with E-state index in [1.807, 2.05) is 25.2 Å². The van der Waals surface area contributed by atoms with E-state index in [2.05, 4.69) is 18.3 Å². The van der Waals surface area contributed by atoms with Crippen LogP contribution in [0.2, 0.25) is 5.02 Å². The molecule has 0 bridgehead atoms. The van der Waals surface area contributed by atoms with Gasteiger partial charge in [0.1, 0.15) is 5.82 Å². The first kappa shape index (κ1) is 14.0. The van der Waals surface area contributed by atoms with Crippen molar-refractivity contribution in [2.45, 2.75) is 19.4 Å². The van der Waals surface area contributed by atoms with Crippen LogP contribution < -0.4 is 5.32 Å². The van der Waals surface area contributed by atoms with E-state index in [0.29, 0.717) is 10.6 Å². The highest BCUT2D eigenvalue weighted by Crippen LogP contribution is 2.28. The van der Waals surface area contributed by atoms with E-state index in [1.165, 1.54) is 6.07 Å². The van der Waals surface area contributed by atoms with Gasteiger partial charge in [-0.1, -0.05) is 36.7 Å². The van der Waals surface area contributed by atoms with Crippen molar-refractivity contribution in [3.05, 3.63) is 58.9 Å². The predicted octanol–water partition coefficient (Wildman–Crippen LogP) is 4.82. The topological polar surface area (TPSA) is 12.0 Å². The third-order valence-electron chi connectivity index (χ3n) is 3.29. The summed E-state index contributed by atoms with van der Waals surface area (Å²) in [5.41, 5.74) is 2.62. The number of hydrogen-bond donors (Lipinski definition) is 1. The first-order valence-corrected chi connectivity index (χ1v) is 6.76. The van der Waals surface area contributed by atoms with E-state index in [-0.39, 0.29) is 11.9 Å². The van der Waals surface area contributed by atoms with E-state index in [4.69, 9.17) is 11.6 Å². The number of nitrogens with one attached hydrogen (secondary N) is 1. The third kappa shape index (κ3) is 3.14. The maximum atomic E-state index is 13.9. The maximum Gasteiger partial charge on any atom is 0.132 e. The van der Waals surface area contributed by atoms with Gasteiger partial charge in [0.25, 0.3) is 0 Å². The maximum absolute atomic E-state index is 13.9. The minimum Gasteiger partial charge on any atom is -0.313 e. The lowest BCUT2D eigenvalue weighted by molar-refractivity contribution is 0.577. The Kier molecular flexibility index (Phi) is 4.56. The molecule has 0 spiro atoms. The van der Waals surface area contributed by atoms with Gasteiger partial charge in [0.05, 0.1) is 0 Å². The normalized spacial score (nSPS) is 12.4. The number of halogens is 2. The van der Waals surface area contributed by atoms with Gasteiger partial charge in [0.2, 0.25) is 0 Å². The molecule has 0 fully saturated rings. The van der Waals surface area contributed by atoms with Crippen LogP contribution in [0, 0.1) is 5.82 Å². The molecule has 0 saturated carbocycles. The smallest absolute Gasteiger partial charge is 0.132 e. The standard InChI is InChI=1S/C16H17ClFN/c1-3-16(19-2)12-6-4-5-11(9-12)14-8-7-13(17)10-15(14)18/h4-10,16,19H,3H2,1-2H3. The molecule has 2 rings (SSSR count). The van der Waals surface area contributed by atoms with Gasteiger partial charge in [-0.25, -0.2) is 4.39 Å². The van der Waals surface area contributed by atoms with Crippen LogP contribution in [0.15, 0.2) is 42.5 Å².